The molecular weight excluding hydrogens is 271 g/mol. The van der Waals surface area contributed by atoms with Gasteiger partial charge < -0.3 is 14.5 Å². The number of ether oxygens (including phenoxy) is 1. The van der Waals surface area contributed by atoms with Gasteiger partial charge in [0.25, 0.3) is 0 Å². The predicted octanol–water partition coefficient (Wildman–Crippen LogP) is 1.90. The van der Waals surface area contributed by atoms with Crippen LogP contribution in [0.1, 0.15) is 13.3 Å². The minimum Gasteiger partial charge on any atom is -0.381 e. The number of carbonyl (C=O) groups is 1. The molecule has 0 aromatic heterocycles. The summed E-state index contributed by atoms with van der Waals surface area (Å²) in [5.41, 5.74) is 0.626. The Morgan fingerprint density at radius 2 is 2.14 bits per heavy atom. The monoisotopic (exact) mass is 292 g/mol. The Bertz CT molecular complexity index is 517. The fraction of sp³-hybridized carbons (Fsp3) is 0.562. The molecule has 2 aliphatic rings. The highest BCUT2D eigenvalue weighted by molar-refractivity contribution is 5.80. The number of rotatable bonds is 2. The largest absolute Gasteiger partial charge is 0.381 e. The van der Waals surface area contributed by atoms with E-state index in [-0.39, 0.29) is 23.7 Å². The van der Waals surface area contributed by atoms with E-state index in [9.17, 15) is 9.18 Å². The number of carbonyl (C=O) groups excluding carboxylic acids is 1. The lowest BCUT2D eigenvalue weighted by Gasteiger charge is -2.41. The molecule has 2 unspecified atom stereocenters. The van der Waals surface area contributed by atoms with E-state index in [2.05, 4.69) is 0 Å². The third-order valence-corrected chi connectivity index (χ3v) is 4.38. The maximum atomic E-state index is 13.9. The number of amides is 1. The number of anilines is 1. The molecule has 5 heteroatoms. The minimum absolute atomic E-state index is 0.00691. The van der Waals surface area contributed by atoms with Gasteiger partial charge in [0.1, 0.15) is 5.82 Å². The molecule has 0 N–H and O–H groups in total. The number of piperazine rings is 1. The van der Waals surface area contributed by atoms with Crippen molar-refractivity contribution in [2.75, 3.05) is 37.7 Å². The fourth-order valence-electron chi connectivity index (χ4n) is 3.18. The van der Waals surface area contributed by atoms with Crippen LogP contribution in [0.5, 0.6) is 0 Å². The Morgan fingerprint density at radius 1 is 1.33 bits per heavy atom. The molecule has 0 saturated carbocycles. The van der Waals surface area contributed by atoms with Crippen LogP contribution in [0.2, 0.25) is 0 Å². The standard InChI is InChI=1S/C16H21FN2O2/c1-12-10-18(15-5-3-2-4-14(15)17)7-8-19(12)16(20)13-6-9-21-11-13/h2-5,12-13H,6-11H2,1H3. The topological polar surface area (TPSA) is 32.8 Å². The molecule has 0 aliphatic carbocycles. The van der Waals surface area contributed by atoms with Crippen LogP contribution in [0.3, 0.4) is 0 Å². The van der Waals surface area contributed by atoms with Gasteiger partial charge in [-0.05, 0) is 25.5 Å². The van der Waals surface area contributed by atoms with E-state index in [1.807, 2.05) is 22.8 Å². The lowest BCUT2D eigenvalue weighted by atomic mass is 10.0. The Morgan fingerprint density at radius 3 is 2.81 bits per heavy atom. The molecule has 4 nitrogen and oxygen atoms in total. The van der Waals surface area contributed by atoms with E-state index in [0.29, 0.717) is 38.5 Å². The first-order chi connectivity index (χ1) is 10.2. The van der Waals surface area contributed by atoms with Crippen molar-refractivity contribution in [2.45, 2.75) is 19.4 Å². The van der Waals surface area contributed by atoms with Crippen LogP contribution in [0.25, 0.3) is 0 Å². The maximum absolute atomic E-state index is 13.9. The van der Waals surface area contributed by atoms with Gasteiger partial charge in [-0.15, -0.1) is 0 Å². The van der Waals surface area contributed by atoms with Gasteiger partial charge in [0.15, 0.2) is 0 Å². The van der Waals surface area contributed by atoms with Crippen molar-refractivity contribution >= 4 is 11.6 Å². The molecule has 2 fully saturated rings. The molecule has 2 aliphatic heterocycles. The summed E-state index contributed by atoms with van der Waals surface area (Å²) in [5, 5.41) is 0. The number of halogens is 1. The first kappa shape index (κ1) is 14.3. The molecule has 21 heavy (non-hydrogen) atoms. The lowest BCUT2D eigenvalue weighted by Crippen LogP contribution is -2.55. The van der Waals surface area contributed by atoms with Crippen LogP contribution < -0.4 is 4.90 Å². The predicted molar refractivity (Wildman–Crippen MR) is 78.7 cm³/mol. The third-order valence-electron chi connectivity index (χ3n) is 4.38. The quantitative estimate of drug-likeness (QED) is 0.834. The van der Waals surface area contributed by atoms with Crippen LogP contribution in [-0.4, -0.2) is 49.7 Å². The van der Waals surface area contributed by atoms with Gasteiger partial charge in [-0.2, -0.15) is 0 Å². The summed E-state index contributed by atoms with van der Waals surface area (Å²) in [7, 11) is 0. The normalized spacial score (nSPS) is 26.2. The van der Waals surface area contributed by atoms with Gasteiger partial charge in [0.2, 0.25) is 5.91 Å². The number of nitrogens with zero attached hydrogens (tertiary/aromatic N) is 2. The van der Waals surface area contributed by atoms with Gasteiger partial charge in [0, 0.05) is 32.3 Å². The third kappa shape index (κ3) is 2.88. The number of benzene rings is 1. The molecule has 114 valence electrons. The maximum Gasteiger partial charge on any atom is 0.228 e. The van der Waals surface area contributed by atoms with Crippen LogP contribution in [0.4, 0.5) is 10.1 Å². The van der Waals surface area contributed by atoms with Crippen molar-refractivity contribution < 1.29 is 13.9 Å². The molecule has 0 radical (unpaired) electrons. The summed E-state index contributed by atoms with van der Waals surface area (Å²) in [6.45, 7) is 5.23. The average Bonchev–Trinajstić information content (AvgIpc) is 3.01. The molecule has 2 saturated heterocycles. The molecule has 1 amide bonds. The number of hydrogen-bond acceptors (Lipinski definition) is 3. The molecule has 0 spiro atoms. The number of hydrogen-bond donors (Lipinski definition) is 0. The molecule has 1 aromatic rings. The molecule has 3 rings (SSSR count). The van der Waals surface area contributed by atoms with Crippen LogP contribution in [-0.2, 0) is 9.53 Å². The van der Waals surface area contributed by atoms with Crippen LogP contribution in [0.15, 0.2) is 24.3 Å². The first-order valence-corrected chi connectivity index (χ1v) is 7.54. The van der Waals surface area contributed by atoms with E-state index in [1.165, 1.54) is 6.07 Å². The fourth-order valence-corrected chi connectivity index (χ4v) is 3.18. The minimum atomic E-state index is -0.200. The zero-order valence-electron chi connectivity index (χ0n) is 12.3. The van der Waals surface area contributed by atoms with E-state index >= 15 is 0 Å². The second-order valence-electron chi connectivity index (χ2n) is 5.84. The molecule has 0 bridgehead atoms. The summed E-state index contributed by atoms with van der Waals surface area (Å²) < 4.78 is 19.2. The Hall–Kier alpha value is -1.62. The molecule has 2 heterocycles. The Balaban J connectivity index is 1.67. The highest BCUT2D eigenvalue weighted by Crippen LogP contribution is 2.24. The second kappa shape index (κ2) is 6.02. The smallest absolute Gasteiger partial charge is 0.228 e. The zero-order valence-corrected chi connectivity index (χ0v) is 12.3. The van der Waals surface area contributed by atoms with Crippen molar-refractivity contribution in [3.8, 4) is 0 Å². The SMILES string of the molecule is CC1CN(c2ccccc2F)CCN1C(=O)C1CCOC1. The molecular formula is C16H21FN2O2. The van der Waals surface area contributed by atoms with Crippen molar-refractivity contribution in [3.05, 3.63) is 30.1 Å². The summed E-state index contributed by atoms with van der Waals surface area (Å²) >= 11 is 0. The summed E-state index contributed by atoms with van der Waals surface area (Å²) in [4.78, 5) is 16.4. The van der Waals surface area contributed by atoms with Crippen molar-refractivity contribution in [3.63, 3.8) is 0 Å². The van der Waals surface area contributed by atoms with Crippen molar-refractivity contribution in [1.29, 1.82) is 0 Å². The highest BCUT2D eigenvalue weighted by atomic mass is 19.1. The van der Waals surface area contributed by atoms with Gasteiger partial charge in [0.05, 0.1) is 18.2 Å². The first-order valence-electron chi connectivity index (χ1n) is 7.54. The van der Waals surface area contributed by atoms with E-state index in [1.54, 1.807) is 12.1 Å². The number of para-hydroxylation sites is 1. The summed E-state index contributed by atoms with van der Waals surface area (Å²) in [5.74, 6) is -0.00526. The second-order valence-corrected chi connectivity index (χ2v) is 5.84. The lowest BCUT2D eigenvalue weighted by molar-refractivity contribution is -0.137. The van der Waals surface area contributed by atoms with Crippen molar-refractivity contribution in [1.82, 2.24) is 4.90 Å². The van der Waals surface area contributed by atoms with Crippen LogP contribution >= 0.6 is 0 Å². The van der Waals surface area contributed by atoms with Crippen LogP contribution in [0, 0.1) is 11.7 Å². The summed E-state index contributed by atoms with van der Waals surface area (Å²) in [6.07, 6.45) is 0.819. The Kier molecular flexibility index (Phi) is 4.10. The van der Waals surface area contributed by atoms with E-state index in [0.717, 1.165) is 6.42 Å². The van der Waals surface area contributed by atoms with E-state index in [4.69, 9.17) is 4.74 Å². The molecule has 1 aromatic carbocycles. The van der Waals surface area contributed by atoms with Gasteiger partial charge in [-0.1, -0.05) is 12.1 Å². The highest BCUT2D eigenvalue weighted by Gasteiger charge is 2.34. The zero-order chi connectivity index (χ0) is 14.8. The van der Waals surface area contributed by atoms with Gasteiger partial charge in [-0.25, -0.2) is 4.39 Å². The van der Waals surface area contributed by atoms with Gasteiger partial charge in [-0.3, -0.25) is 4.79 Å². The van der Waals surface area contributed by atoms with Gasteiger partial charge >= 0.3 is 0 Å². The summed E-state index contributed by atoms with van der Waals surface area (Å²) in [6, 6.07) is 6.91. The average molecular weight is 292 g/mol. The Labute approximate surface area is 124 Å². The van der Waals surface area contributed by atoms with Crippen molar-refractivity contribution in [2.24, 2.45) is 5.92 Å². The molecule has 2 atom stereocenters. The van der Waals surface area contributed by atoms with E-state index < -0.39 is 0 Å².